The molecule has 0 saturated heterocycles. The van der Waals surface area contributed by atoms with Gasteiger partial charge in [0, 0.05) is 26.0 Å². The van der Waals surface area contributed by atoms with Gasteiger partial charge in [0.05, 0.1) is 0 Å². The summed E-state index contributed by atoms with van der Waals surface area (Å²) in [6, 6.07) is 7.91. The summed E-state index contributed by atoms with van der Waals surface area (Å²) >= 11 is 0. The number of imide groups is 1. The van der Waals surface area contributed by atoms with Crippen molar-refractivity contribution in [2.24, 2.45) is 0 Å². The molecule has 0 aliphatic heterocycles. The number of pyridine rings is 1. The van der Waals surface area contributed by atoms with Gasteiger partial charge in [-0.2, -0.15) is 0 Å². The molecule has 0 spiro atoms. The van der Waals surface area contributed by atoms with Crippen LogP contribution in [-0.2, 0) is 9.53 Å². The molecular formula is C19H22N4O4. The van der Waals surface area contributed by atoms with E-state index in [1.807, 2.05) is 19.9 Å². The average Bonchev–Trinajstić information content (AvgIpc) is 2.63. The number of amides is 3. The number of hydrogen-bond acceptors (Lipinski definition) is 6. The van der Waals surface area contributed by atoms with Gasteiger partial charge in [-0.05, 0) is 43.2 Å². The van der Waals surface area contributed by atoms with Gasteiger partial charge in [-0.25, -0.2) is 14.6 Å². The molecule has 0 radical (unpaired) electrons. The van der Waals surface area contributed by atoms with E-state index >= 15 is 0 Å². The summed E-state index contributed by atoms with van der Waals surface area (Å²) < 4.78 is 4.98. The van der Waals surface area contributed by atoms with Crippen LogP contribution in [0.15, 0.2) is 36.5 Å². The molecule has 0 atom stereocenters. The molecular weight excluding hydrogens is 348 g/mol. The van der Waals surface area contributed by atoms with Crippen LogP contribution in [-0.4, -0.2) is 43.6 Å². The van der Waals surface area contributed by atoms with Crippen molar-refractivity contribution >= 4 is 29.4 Å². The zero-order valence-corrected chi connectivity index (χ0v) is 15.7. The third-order valence-corrected chi connectivity index (χ3v) is 3.87. The Hall–Kier alpha value is -3.42. The lowest BCUT2D eigenvalue weighted by Gasteiger charge is -2.15. The Bertz CT molecular complexity index is 865. The molecule has 1 aromatic heterocycles. The zero-order valence-electron chi connectivity index (χ0n) is 15.7. The number of carbonyl (C=O) groups is 3. The topological polar surface area (TPSA) is 101 Å². The Labute approximate surface area is 157 Å². The van der Waals surface area contributed by atoms with Crippen molar-refractivity contribution in [2.45, 2.75) is 13.8 Å². The van der Waals surface area contributed by atoms with Crippen molar-refractivity contribution in [3.05, 3.63) is 53.2 Å². The Morgan fingerprint density at radius 3 is 2.56 bits per heavy atom. The van der Waals surface area contributed by atoms with Crippen molar-refractivity contribution in [3.8, 4) is 0 Å². The van der Waals surface area contributed by atoms with E-state index in [1.165, 1.54) is 0 Å². The number of nitrogens with zero attached hydrogens (tertiary/aromatic N) is 2. The fourth-order valence-electron chi connectivity index (χ4n) is 2.32. The maximum absolute atomic E-state index is 12.2. The molecule has 1 heterocycles. The van der Waals surface area contributed by atoms with Gasteiger partial charge in [0.25, 0.3) is 5.91 Å². The number of nitrogens with one attached hydrogen (secondary N) is 2. The van der Waals surface area contributed by atoms with Crippen molar-refractivity contribution in [1.82, 2.24) is 10.3 Å². The van der Waals surface area contributed by atoms with Crippen molar-refractivity contribution in [2.75, 3.05) is 30.9 Å². The van der Waals surface area contributed by atoms with E-state index in [0.717, 1.165) is 11.1 Å². The first-order valence-corrected chi connectivity index (χ1v) is 8.26. The van der Waals surface area contributed by atoms with Gasteiger partial charge in [0.2, 0.25) is 0 Å². The van der Waals surface area contributed by atoms with Gasteiger partial charge in [-0.3, -0.25) is 10.1 Å². The van der Waals surface area contributed by atoms with Crippen LogP contribution in [0.25, 0.3) is 0 Å². The maximum atomic E-state index is 12.2. The highest BCUT2D eigenvalue weighted by molar-refractivity contribution is 6.03. The van der Waals surface area contributed by atoms with E-state index in [4.69, 9.17) is 4.74 Å². The highest BCUT2D eigenvalue weighted by atomic mass is 16.5. The van der Waals surface area contributed by atoms with E-state index in [2.05, 4.69) is 15.6 Å². The molecule has 1 aromatic carbocycles. The van der Waals surface area contributed by atoms with Gasteiger partial charge >= 0.3 is 12.0 Å². The fraction of sp³-hybridized carbons (Fsp3) is 0.263. The molecule has 0 bridgehead atoms. The number of anilines is 2. The molecule has 0 aliphatic carbocycles. The molecule has 8 heteroatoms. The predicted molar refractivity (Wildman–Crippen MR) is 102 cm³/mol. The number of urea groups is 1. The van der Waals surface area contributed by atoms with Gasteiger partial charge < -0.3 is 15.0 Å². The third-order valence-electron chi connectivity index (χ3n) is 3.87. The molecule has 8 nitrogen and oxygen atoms in total. The number of esters is 1. The molecule has 0 aliphatic rings. The smallest absolute Gasteiger partial charge is 0.342 e. The monoisotopic (exact) mass is 370 g/mol. The van der Waals surface area contributed by atoms with Crippen LogP contribution in [0.5, 0.6) is 0 Å². The highest BCUT2D eigenvalue weighted by Crippen LogP contribution is 2.18. The second kappa shape index (κ2) is 8.79. The molecule has 27 heavy (non-hydrogen) atoms. The Morgan fingerprint density at radius 2 is 1.85 bits per heavy atom. The van der Waals surface area contributed by atoms with E-state index < -0.39 is 24.5 Å². The van der Waals surface area contributed by atoms with E-state index in [9.17, 15) is 14.4 Å². The lowest BCUT2D eigenvalue weighted by atomic mass is 10.1. The lowest BCUT2D eigenvalue weighted by Crippen LogP contribution is -2.37. The van der Waals surface area contributed by atoms with Crippen LogP contribution < -0.4 is 15.5 Å². The number of hydrogen-bond donors (Lipinski definition) is 2. The second-order valence-corrected chi connectivity index (χ2v) is 6.09. The first kappa shape index (κ1) is 19.9. The minimum atomic E-state index is -0.735. The molecule has 0 fully saturated rings. The van der Waals surface area contributed by atoms with Crippen LogP contribution >= 0.6 is 0 Å². The number of aromatic nitrogens is 1. The zero-order chi connectivity index (χ0) is 20.0. The summed E-state index contributed by atoms with van der Waals surface area (Å²) in [5.41, 5.74) is 2.75. The van der Waals surface area contributed by atoms with Crippen LogP contribution in [0, 0.1) is 13.8 Å². The van der Waals surface area contributed by atoms with E-state index in [-0.39, 0.29) is 5.56 Å². The quantitative estimate of drug-likeness (QED) is 0.783. The van der Waals surface area contributed by atoms with E-state index in [1.54, 1.807) is 49.5 Å². The van der Waals surface area contributed by atoms with Crippen molar-refractivity contribution in [3.63, 3.8) is 0 Å². The second-order valence-electron chi connectivity index (χ2n) is 6.09. The summed E-state index contributed by atoms with van der Waals surface area (Å²) in [5.74, 6) is -1.01. The molecule has 2 aromatic rings. The summed E-state index contributed by atoms with van der Waals surface area (Å²) in [6.45, 7) is 3.20. The highest BCUT2D eigenvalue weighted by Gasteiger charge is 2.17. The Morgan fingerprint density at radius 1 is 1.11 bits per heavy atom. The van der Waals surface area contributed by atoms with Crippen LogP contribution in [0.3, 0.4) is 0 Å². The van der Waals surface area contributed by atoms with Crippen LogP contribution in [0.2, 0.25) is 0 Å². The molecule has 3 amide bonds. The number of rotatable bonds is 5. The molecule has 2 rings (SSSR count). The summed E-state index contributed by atoms with van der Waals surface area (Å²) in [5, 5.41) is 4.72. The minimum Gasteiger partial charge on any atom is -0.452 e. The average molecular weight is 370 g/mol. The summed E-state index contributed by atoms with van der Waals surface area (Å²) in [4.78, 5) is 41.7. The van der Waals surface area contributed by atoms with Gasteiger partial charge in [0.1, 0.15) is 11.4 Å². The lowest BCUT2D eigenvalue weighted by molar-refractivity contribution is -0.123. The van der Waals surface area contributed by atoms with Gasteiger partial charge in [-0.1, -0.05) is 12.1 Å². The SMILES string of the molecule is Cc1cccc(NC(=O)NC(=O)COC(=O)c2cccnc2N(C)C)c1C. The summed E-state index contributed by atoms with van der Waals surface area (Å²) in [7, 11) is 3.48. The van der Waals surface area contributed by atoms with Crippen LogP contribution in [0.1, 0.15) is 21.5 Å². The summed E-state index contributed by atoms with van der Waals surface area (Å²) in [6.07, 6.45) is 1.55. The minimum absolute atomic E-state index is 0.232. The molecule has 2 N–H and O–H groups in total. The Balaban J connectivity index is 1.90. The number of aryl methyl sites for hydroxylation is 1. The molecule has 0 saturated carbocycles. The molecule has 142 valence electrons. The standard InChI is InChI=1S/C19H22N4O4/c1-12-7-5-9-15(13(12)2)21-19(26)22-16(24)11-27-18(25)14-8-6-10-20-17(14)23(3)4/h5-10H,11H2,1-4H3,(H2,21,22,24,26). The molecule has 0 unspecified atom stereocenters. The number of ether oxygens (including phenoxy) is 1. The van der Waals surface area contributed by atoms with Crippen LogP contribution in [0.4, 0.5) is 16.3 Å². The number of benzene rings is 1. The maximum Gasteiger partial charge on any atom is 0.342 e. The largest absolute Gasteiger partial charge is 0.452 e. The first-order valence-electron chi connectivity index (χ1n) is 8.26. The fourth-order valence-corrected chi connectivity index (χ4v) is 2.32. The normalized spacial score (nSPS) is 10.1. The number of carbonyl (C=O) groups excluding carboxylic acids is 3. The van der Waals surface area contributed by atoms with Crippen molar-refractivity contribution in [1.29, 1.82) is 0 Å². The predicted octanol–water partition coefficient (Wildman–Crippen LogP) is 2.27. The third kappa shape index (κ3) is 5.27. The van der Waals surface area contributed by atoms with Crippen molar-refractivity contribution < 1.29 is 19.1 Å². The van der Waals surface area contributed by atoms with E-state index in [0.29, 0.717) is 11.5 Å². The van der Waals surface area contributed by atoms with Gasteiger partial charge in [-0.15, -0.1) is 0 Å². The van der Waals surface area contributed by atoms with Gasteiger partial charge in [0.15, 0.2) is 6.61 Å². The first-order chi connectivity index (χ1) is 12.8. The Kier molecular flexibility index (Phi) is 6.48.